The summed E-state index contributed by atoms with van der Waals surface area (Å²) < 4.78 is 32.7. The van der Waals surface area contributed by atoms with E-state index >= 15 is 0 Å². The Bertz CT molecular complexity index is 1030. The lowest BCUT2D eigenvalue weighted by Crippen LogP contribution is -2.49. The van der Waals surface area contributed by atoms with Crippen molar-refractivity contribution in [1.82, 2.24) is 15.1 Å². The summed E-state index contributed by atoms with van der Waals surface area (Å²) in [5, 5.41) is 31.4. The van der Waals surface area contributed by atoms with Gasteiger partial charge in [-0.25, -0.2) is 13.6 Å². The number of hydrogen-bond donors (Lipinski definition) is 3. The van der Waals surface area contributed by atoms with Crippen molar-refractivity contribution in [2.24, 2.45) is 0 Å². The minimum absolute atomic E-state index is 0.141. The highest BCUT2D eigenvalue weighted by Gasteiger charge is 2.43. The van der Waals surface area contributed by atoms with Crippen LogP contribution in [0, 0.1) is 11.3 Å². The topological polar surface area (TPSA) is 126 Å². The smallest absolute Gasteiger partial charge is 0.447 e. The zero-order valence-electron chi connectivity index (χ0n) is 21.1. The normalized spacial score (nSPS) is 20.8. The molecule has 200 valence electrons. The number of rotatable bonds is 9. The van der Waals surface area contributed by atoms with Crippen LogP contribution in [0.5, 0.6) is 0 Å². The summed E-state index contributed by atoms with van der Waals surface area (Å²) in [5.41, 5.74) is -0.279. The van der Waals surface area contributed by atoms with Crippen LogP contribution in [0.1, 0.15) is 38.7 Å². The molecule has 0 aliphatic carbocycles. The van der Waals surface area contributed by atoms with E-state index < -0.39 is 49.1 Å². The summed E-state index contributed by atoms with van der Waals surface area (Å²) in [6.45, 7) is 3.32. The predicted octanol–water partition coefficient (Wildman–Crippen LogP) is 1.90. The van der Waals surface area contributed by atoms with Crippen molar-refractivity contribution >= 4 is 19.1 Å². The van der Waals surface area contributed by atoms with E-state index in [9.17, 15) is 33.7 Å². The maximum Gasteiger partial charge on any atom is 0.475 e. The van der Waals surface area contributed by atoms with E-state index in [1.54, 1.807) is 43.0 Å². The fourth-order valence-electron chi connectivity index (χ4n) is 4.71. The Hall–Kier alpha value is -3.01. The molecule has 2 heterocycles. The lowest BCUT2D eigenvalue weighted by atomic mass is 9.76. The Morgan fingerprint density at radius 1 is 1.32 bits per heavy atom. The Morgan fingerprint density at radius 3 is 2.62 bits per heavy atom. The van der Waals surface area contributed by atoms with Gasteiger partial charge in [0.2, 0.25) is 0 Å². The number of halogens is 2. The summed E-state index contributed by atoms with van der Waals surface area (Å²) >= 11 is 0. The van der Waals surface area contributed by atoms with Gasteiger partial charge in [0.15, 0.2) is 0 Å². The molecular formula is C25H33BF2N4O5. The van der Waals surface area contributed by atoms with Gasteiger partial charge in [-0.15, -0.1) is 0 Å². The fraction of sp³-hybridized carbons (Fsp3) is 0.560. The Balaban J connectivity index is 1.59. The number of carbonyl (C=O) groups is 2. The van der Waals surface area contributed by atoms with E-state index in [1.807, 2.05) is 12.1 Å². The molecule has 0 radical (unpaired) electrons. The molecule has 1 aromatic carbocycles. The van der Waals surface area contributed by atoms with Gasteiger partial charge in [-0.3, -0.25) is 9.69 Å². The molecule has 3 N–H and O–H groups in total. The van der Waals surface area contributed by atoms with Crippen molar-refractivity contribution in [1.29, 1.82) is 5.26 Å². The molecule has 2 amide bonds. The average molecular weight is 518 g/mol. The molecule has 0 unspecified atom stereocenters. The van der Waals surface area contributed by atoms with Crippen LogP contribution in [-0.2, 0) is 16.0 Å². The molecule has 0 aromatic heterocycles. The third kappa shape index (κ3) is 7.74. The molecule has 3 rings (SSSR count). The number of likely N-dealkylation sites (tertiary alicyclic amines) is 2. The van der Waals surface area contributed by atoms with E-state index in [2.05, 4.69) is 5.32 Å². The number of nitrogens with one attached hydrogen (secondary N) is 1. The highest BCUT2D eigenvalue weighted by molar-refractivity contribution is 6.43. The van der Waals surface area contributed by atoms with Crippen LogP contribution in [0.2, 0.25) is 0 Å². The van der Waals surface area contributed by atoms with E-state index in [-0.39, 0.29) is 31.6 Å². The first-order valence-electron chi connectivity index (χ1n) is 12.3. The molecule has 2 atom stereocenters. The summed E-state index contributed by atoms with van der Waals surface area (Å²) in [5.74, 6) is -4.34. The Kier molecular flexibility index (Phi) is 9.28. The molecule has 0 bridgehead atoms. The van der Waals surface area contributed by atoms with Crippen LogP contribution >= 0.6 is 0 Å². The van der Waals surface area contributed by atoms with Gasteiger partial charge in [0.05, 0.1) is 18.5 Å². The third-order valence-electron chi connectivity index (χ3n) is 6.84. The molecule has 2 fully saturated rings. The van der Waals surface area contributed by atoms with Gasteiger partial charge in [-0.2, -0.15) is 5.26 Å². The maximum atomic E-state index is 13.7. The molecule has 12 heteroatoms. The van der Waals surface area contributed by atoms with Gasteiger partial charge in [0.1, 0.15) is 18.2 Å². The highest BCUT2D eigenvalue weighted by Crippen LogP contribution is 2.33. The molecular weight excluding hydrogens is 485 g/mol. The highest BCUT2D eigenvalue weighted by atomic mass is 19.3. The first kappa shape index (κ1) is 28.6. The minimum atomic E-state index is -2.80. The molecule has 37 heavy (non-hydrogen) atoms. The van der Waals surface area contributed by atoms with Gasteiger partial charge < -0.3 is 25.0 Å². The van der Waals surface area contributed by atoms with Crippen LogP contribution in [0.15, 0.2) is 42.0 Å². The lowest BCUT2D eigenvalue weighted by Gasteiger charge is -2.33. The monoisotopic (exact) mass is 518 g/mol. The molecule has 9 nitrogen and oxygen atoms in total. The second-order valence-electron chi connectivity index (χ2n) is 10.1. The number of carbonyl (C=O) groups excluding carboxylic acids is 2. The SMILES string of the molecule is CC(C)(C=C(C#N)C(=O)N1CCC[C@@H]1COC(=O)N[C@@H](Cc1ccccc1)B(O)O)N1CCC(F)(F)C1. The molecule has 0 saturated carbocycles. The average Bonchev–Trinajstić information content (AvgIpc) is 3.47. The summed E-state index contributed by atoms with van der Waals surface area (Å²) in [6.07, 6.45) is 1.67. The van der Waals surface area contributed by atoms with Crippen molar-refractivity contribution in [2.75, 3.05) is 26.2 Å². The van der Waals surface area contributed by atoms with Crippen LogP contribution in [-0.4, -0.2) is 88.7 Å². The van der Waals surface area contributed by atoms with Crippen LogP contribution < -0.4 is 5.32 Å². The number of alkyl halides is 2. The van der Waals surface area contributed by atoms with Crippen LogP contribution in [0.4, 0.5) is 13.6 Å². The van der Waals surface area contributed by atoms with Crippen LogP contribution in [0.3, 0.4) is 0 Å². The predicted molar refractivity (Wildman–Crippen MR) is 132 cm³/mol. The van der Waals surface area contributed by atoms with Gasteiger partial charge in [0.25, 0.3) is 11.8 Å². The standard InChI is InChI=1S/C25H33BF2N4O5/c1-24(2,31-12-10-25(27,28)17-31)14-19(15-29)22(33)32-11-6-9-20(32)16-37-23(34)30-21(26(35)36)13-18-7-4-3-5-8-18/h3-5,7-8,14,20-21,35-36H,6,9-13,16-17H2,1-2H3,(H,30,34)/t20-,21+/m1/s1. The van der Waals surface area contributed by atoms with Crippen molar-refractivity contribution in [3.05, 3.63) is 47.5 Å². The number of alkyl carbamates (subject to hydrolysis) is 1. The molecule has 2 aliphatic rings. The molecule has 2 saturated heterocycles. The number of benzene rings is 1. The summed E-state index contributed by atoms with van der Waals surface area (Å²) in [7, 11) is -1.81. The third-order valence-corrected chi connectivity index (χ3v) is 6.84. The van der Waals surface area contributed by atoms with Crippen molar-refractivity contribution in [2.45, 2.75) is 63.0 Å². The van der Waals surface area contributed by atoms with E-state index in [4.69, 9.17) is 4.74 Å². The van der Waals surface area contributed by atoms with Crippen molar-refractivity contribution in [3.63, 3.8) is 0 Å². The number of nitrogens with zero attached hydrogens (tertiary/aromatic N) is 3. The van der Waals surface area contributed by atoms with Gasteiger partial charge >= 0.3 is 13.2 Å². The second-order valence-corrected chi connectivity index (χ2v) is 10.1. The lowest BCUT2D eigenvalue weighted by molar-refractivity contribution is -0.128. The number of amides is 2. The number of nitriles is 1. The largest absolute Gasteiger partial charge is 0.475 e. The van der Waals surface area contributed by atoms with Gasteiger partial charge in [-0.1, -0.05) is 30.3 Å². The maximum absolute atomic E-state index is 13.7. The van der Waals surface area contributed by atoms with E-state index in [1.165, 1.54) is 11.0 Å². The van der Waals surface area contributed by atoms with E-state index in [0.717, 1.165) is 5.56 Å². The number of ether oxygens (including phenoxy) is 1. The molecule has 2 aliphatic heterocycles. The number of hydrogen-bond acceptors (Lipinski definition) is 7. The van der Waals surface area contributed by atoms with Gasteiger partial charge in [-0.05, 0) is 44.7 Å². The quantitative estimate of drug-likeness (QED) is 0.259. The second kappa shape index (κ2) is 12.0. The zero-order chi connectivity index (χ0) is 27.2. The van der Waals surface area contributed by atoms with Crippen LogP contribution in [0.25, 0.3) is 0 Å². The van der Waals surface area contributed by atoms with Gasteiger partial charge in [0, 0.05) is 25.0 Å². The van der Waals surface area contributed by atoms with E-state index in [0.29, 0.717) is 19.4 Å². The van der Waals surface area contributed by atoms with Crippen molar-refractivity contribution < 1.29 is 33.2 Å². The molecule has 0 spiro atoms. The molecule has 1 aromatic rings. The summed E-state index contributed by atoms with van der Waals surface area (Å²) in [4.78, 5) is 28.5. The first-order chi connectivity index (χ1) is 17.4. The summed E-state index contributed by atoms with van der Waals surface area (Å²) in [6, 6.07) is 10.4. The minimum Gasteiger partial charge on any atom is -0.447 e. The van der Waals surface area contributed by atoms with Crippen molar-refractivity contribution in [3.8, 4) is 6.07 Å². The Labute approximate surface area is 215 Å². The first-order valence-corrected chi connectivity index (χ1v) is 12.3. The zero-order valence-corrected chi connectivity index (χ0v) is 21.1. The Morgan fingerprint density at radius 2 is 2.03 bits per heavy atom. The fourth-order valence-corrected chi connectivity index (χ4v) is 4.71.